The van der Waals surface area contributed by atoms with E-state index >= 15 is 0 Å². The Morgan fingerprint density at radius 1 is 1.15 bits per heavy atom. The average molecular weight is 369 g/mol. The maximum Gasteiger partial charge on any atom is 0.295 e. The van der Waals surface area contributed by atoms with Gasteiger partial charge in [0, 0.05) is 5.69 Å². The molecule has 0 spiro atoms. The highest BCUT2D eigenvalue weighted by Crippen LogP contribution is 2.36. The van der Waals surface area contributed by atoms with Gasteiger partial charge in [-0.1, -0.05) is 30.3 Å². The molecule has 134 valence electrons. The third kappa shape index (κ3) is 3.43. The van der Waals surface area contributed by atoms with E-state index in [0.29, 0.717) is 11.4 Å². The molecule has 1 saturated heterocycles. The molecule has 0 radical (unpaired) electrons. The molecular formula is C19H19N3O3S. The van der Waals surface area contributed by atoms with Crippen molar-refractivity contribution in [1.29, 1.82) is 0 Å². The minimum absolute atomic E-state index is 0.150. The van der Waals surface area contributed by atoms with Crippen molar-refractivity contribution in [2.24, 2.45) is 5.73 Å². The summed E-state index contributed by atoms with van der Waals surface area (Å²) >= 11 is 0.892. The lowest BCUT2D eigenvalue weighted by Gasteiger charge is -2.28. The highest BCUT2D eigenvalue weighted by Gasteiger charge is 2.44. The lowest BCUT2D eigenvalue weighted by atomic mass is 10.1. The molecule has 0 aromatic heterocycles. The molecule has 1 fully saturated rings. The molecule has 7 heteroatoms. The summed E-state index contributed by atoms with van der Waals surface area (Å²) in [7, 11) is 0. The second kappa shape index (κ2) is 7.21. The Morgan fingerprint density at radius 3 is 2.54 bits per heavy atom. The monoisotopic (exact) mass is 369 g/mol. The van der Waals surface area contributed by atoms with Crippen molar-refractivity contribution >= 4 is 40.2 Å². The van der Waals surface area contributed by atoms with Gasteiger partial charge in [-0.25, -0.2) is 4.90 Å². The number of carbonyl (C=O) groups is 3. The Balaban J connectivity index is 1.98. The molecule has 0 aliphatic carbocycles. The smallest absolute Gasteiger partial charge is 0.295 e. The quantitative estimate of drug-likeness (QED) is 0.876. The van der Waals surface area contributed by atoms with Crippen LogP contribution in [0.4, 0.5) is 16.2 Å². The maximum atomic E-state index is 13.0. The zero-order valence-electron chi connectivity index (χ0n) is 14.5. The maximum absolute atomic E-state index is 13.0. The Bertz CT molecular complexity index is 884. The van der Waals surface area contributed by atoms with E-state index < -0.39 is 11.3 Å². The summed E-state index contributed by atoms with van der Waals surface area (Å²) < 4.78 is 0. The predicted octanol–water partition coefficient (Wildman–Crippen LogP) is 2.82. The molecule has 2 aromatic rings. The summed E-state index contributed by atoms with van der Waals surface area (Å²) in [5.41, 5.74) is 8.47. The van der Waals surface area contributed by atoms with E-state index in [1.165, 1.54) is 0 Å². The van der Waals surface area contributed by atoms with Gasteiger partial charge in [0.2, 0.25) is 5.91 Å². The Labute approximate surface area is 156 Å². The number of amides is 3. The van der Waals surface area contributed by atoms with Crippen LogP contribution >= 0.6 is 11.8 Å². The summed E-state index contributed by atoms with van der Waals surface area (Å²) in [4.78, 5) is 39.9. The van der Waals surface area contributed by atoms with Crippen LogP contribution in [0, 0.1) is 13.8 Å². The van der Waals surface area contributed by atoms with Crippen LogP contribution in [0.1, 0.15) is 11.1 Å². The van der Waals surface area contributed by atoms with Gasteiger partial charge in [0.25, 0.3) is 11.1 Å². The van der Waals surface area contributed by atoms with Crippen LogP contribution in [0.15, 0.2) is 48.5 Å². The highest BCUT2D eigenvalue weighted by molar-refractivity contribution is 8.16. The van der Waals surface area contributed by atoms with Crippen molar-refractivity contribution in [3.63, 3.8) is 0 Å². The van der Waals surface area contributed by atoms with Crippen molar-refractivity contribution in [3.8, 4) is 0 Å². The molecule has 0 saturated carbocycles. The Morgan fingerprint density at radius 2 is 1.88 bits per heavy atom. The first-order valence-electron chi connectivity index (χ1n) is 8.10. The minimum Gasteiger partial charge on any atom is -0.368 e. The van der Waals surface area contributed by atoms with Crippen LogP contribution in [-0.2, 0) is 9.59 Å². The Hall–Kier alpha value is -2.80. The zero-order valence-corrected chi connectivity index (χ0v) is 15.3. The first-order valence-corrected chi connectivity index (χ1v) is 8.98. The number of imide groups is 1. The summed E-state index contributed by atoms with van der Waals surface area (Å²) in [6.07, 6.45) is 0. The fraction of sp³-hybridized carbons (Fsp3) is 0.211. The first-order chi connectivity index (χ1) is 12.4. The SMILES string of the molecule is Cc1cccc(N2C(=O)S[C@H](N(CC(N)=O)c3ccccc3C)C2=O)c1. The normalized spacial score (nSPS) is 16.8. The highest BCUT2D eigenvalue weighted by atomic mass is 32.2. The standard InChI is InChI=1S/C19H19N3O3S/c1-12-6-5-8-14(10-12)22-17(24)18(26-19(22)25)21(11-16(20)23)15-9-4-3-7-13(15)2/h3-10,18H,11H2,1-2H3,(H2,20,23)/t18-/m0/s1. The van der Waals surface area contributed by atoms with Gasteiger partial charge in [0.05, 0.1) is 12.2 Å². The Kier molecular flexibility index (Phi) is 4.99. The fourth-order valence-corrected chi connectivity index (χ4v) is 3.96. The molecule has 0 unspecified atom stereocenters. The van der Waals surface area contributed by atoms with Crippen LogP contribution < -0.4 is 15.5 Å². The van der Waals surface area contributed by atoms with Crippen LogP contribution in [-0.4, -0.2) is 29.0 Å². The van der Waals surface area contributed by atoms with Crippen molar-refractivity contribution in [2.75, 3.05) is 16.3 Å². The number of nitrogens with zero attached hydrogens (tertiary/aromatic N) is 2. The van der Waals surface area contributed by atoms with Gasteiger partial charge in [-0.05, 0) is 54.9 Å². The van der Waals surface area contributed by atoms with Crippen LogP contribution in [0.3, 0.4) is 0 Å². The average Bonchev–Trinajstić information content (AvgIpc) is 2.87. The number of benzene rings is 2. The number of para-hydroxylation sites is 1. The molecular weight excluding hydrogens is 350 g/mol. The van der Waals surface area contributed by atoms with E-state index in [9.17, 15) is 14.4 Å². The lowest BCUT2D eigenvalue weighted by Crippen LogP contribution is -2.45. The molecule has 6 nitrogen and oxygen atoms in total. The van der Waals surface area contributed by atoms with Crippen molar-refractivity contribution in [3.05, 3.63) is 59.7 Å². The summed E-state index contributed by atoms with van der Waals surface area (Å²) in [6.45, 7) is 3.63. The number of carbonyl (C=O) groups excluding carboxylic acids is 3. The van der Waals surface area contributed by atoms with Gasteiger partial charge in [-0.15, -0.1) is 0 Å². The van der Waals surface area contributed by atoms with Crippen LogP contribution in [0.5, 0.6) is 0 Å². The van der Waals surface area contributed by atoms with Crippen molar-refractivity contribution in [2.45, 2.75) is 19.2 Å². The topological polar surface area (TPSA) is 83.7 Å². The number of hydrogen-bond acceptors (Lipinski definition) is 5. The number of aryl methyl sites for hydroxylation is 2. The third-order valence-electron chi connectivity index (χ3n) is 4.12. The molecule has 3 rings (SSSR count). The van der Waals surface area contributed by atoms with Crippen molar-refractivity contribution in [1.82, 2.24) is 0 Å². The van der Waals surface area contributed by atoms with E-state index in [4.69, 9.17) is 5.73 Å². The second-order valence-electron chi connectivity index (χ2n) is 6.13. The summed E-state index contributed by atoms with van der Waals surface area (Å²) in [5.74, 6) is -0.946. The van der Waals surface area contributed by atoms with Gasteiger partial charge < -0.3 is 10.6 Å². The molecule has 1 atom stereocenters. The largest absolute Gasteiger partial charge is 0.368 e. The third-order valence-corrected chi connectivity index (χ3v) is 5.18. The van der Waals surface area contributed by atoms with E-state index in [1.807, 2.05) is 44.2 Å². The second-order valence-corrected chi connectivity index (χ2v) is 7.16. The van der Waals surface area contributed by atoms with Gasteiger partial charge in [0.15, 0.2) is 5.37 Å². The lowest BCUT2D eigenvalue weighted by molar-refractivity contribution is -0.117. The number of thioether (sulfide) groups is 1. The molecule has 3 amide bonds. The van der Waals surface area contributed by atoms with Crippen molar-refractivity contribution < 1.29 is 14.4 Å². The number of primary amides is 1. The van der Waals surface area contributed by atoms with E-state index in [1.54, 1.807) is 23.1 Å². The minimum atomic E-state index is -0.836. The van der Waals surface area contributed by atoms with Gasteiger partial charge in [-0.3, -0.25) is 14.4 Å². The van der Waals surface area contributed by atoms with Crippen LogP contribution in [0.2, 0.25) is 0 Å². The van der Waals surface area contributed by atoms with Crippen LogP contribution in [0.25, 0.3) is 0 Å². The fourth-order valence-electron chi connectivity index (χ4n) is 2.94. The molecule has 0 bridgehead atoms. The molecule has 1 aliphatic heterocycles. The molecule has 26 heavy (non-hydrogen) atoms. The molecule has 1 aliphatic rings. The van der Waals surface area contributed by atoms with E-state index in [0.717, 1.165) is 27.8 Å². The zero-order chi connectivity index (χ0) is 18.8. The number of anilines is 2. The number of hydrogen-bond donors (Lipinski definition) is 1. The van der Waals surface area contributed by atoms with Gasteiger partial charge >= 0.3 is 0 Å². The molecule has 2 aromatic carbocycles. The predicted molar refractivity (Wildman–Crippen MR) is 103 cm³/mol. The van der Waals surface area contributed by atoms with E-state index in [2.05, 4.69) is 0 Å². The molecule has 2 N–H and O–H groups in total. The molecule has 1 heterocycles. The number of rotatable bonds is 5. The summed E-state index contributed by atoms with van der Waals surface area (Å²) in [6, 6.07) is 14.6. The van der Waals surface area contributed by atoms with E-state index in [-0.39, 0.29) is 17.7 Å². The van der Waals surface area contributed by atoms with Gasteiger partial charge in [-0.2, -0.15) is 0 Å². The summed E-state index contributed by atoms with van der Waals surface area (Å²) in [5, 5.41) is -1.20. The van der Waals surface area contributed by atoms with Gasteiger partial charge in [0.1, 0.15) is 0 Å². The number of nitrogens with two attached hydrogens (primary N) is 1. The first kappa shape index (κ1) is 18.0.